The van der Waals surface area contributed by atoms with Crippen molar-refractivity contribution in [3.8, 4) is 0 Å². The predicted molar refractivity (Wildman–Crippen MR) is 92.9 cm³/mol. The zero-order valence-corrected chi connectivity index (χ0v) is 15.3. The first-order chi connectivity index (χ1) is 10.4. The maximum absolute atomic E-state index is 11.0. The smallest absolute Gasteiger partial charge is 0.0675 e. The molecule has 4 aliphatic carbocycles. The number of fused-ring (bicyclic) bond motifs is 6. The zero-order chi connectivity index (χ0) is 15.3. The molecule has 4 unspecified atom stereocenters. The molecule has 1 nitrogen and oxygen atoms in total. The summed E-state index contributed by atoms with van der Waals surface area (Å²) in [6.45, 7) is 7.22. The second kappa shape index (κ2) is 4.28. The molecule has 0 aromatic carbocycles. The molecule has 5 fully saturated rings. The number of rotatable bonds is 0. The molecule has 1 heterocycles. The minimum atomic E-state index is -0.412. The highest BCUT2D eigenvalue weighted by Crippen LogP contribution is 2.71. The topological polar surface area (TPSA) is 20.2 Å². The molecular weight excluding hydrogens is 288 g/mol. The molecule has 0 aromatic heterocycles. The van der Waals surface area contributed by atoms with Gasteiger partial charge in [0, 0.05) is 10.5 Å². The molecule has 22 heavy (non-hydrogen) atoms. The summed E-state index contributed by atoms with van der Waals surface area (Å²) in [5.74, 6) is 3.68. The van der Waals surface area contributed by atoms with E-state index in [0.717, 1.165) is 40.6 Å². The lowest BCUT2D eigenvalue weighted by molar-refractivity contribution is -0.143. The minimum Gasteiger partial charge on any atom is -0.390 e. The van der Waals surface area contributed by atoms with Gasteiger partial charge in [-0.25, -0.2) is 0 Å². The van der Waals surface area contributed by atoms with Gasteiger partial charge in [-0.2, -0.15) is 11.8 Å². The second-order valence-corrected chi connectivity index (χ2v) is 11.6. The summed E-state index contributed by atoms with van der Waals surface area (Å²) in [6, 6.07) is 0. The lowest BCUT2D eigenvalue weighted by Crippen LogP contribution is -2.56. The largest absolute Gasteiger partial charge is 0.390 e. The van der Waals surface area contributed by atoms with Crippen LogP contribution in [0.3, 0.4) is 0 Å². The van der Waals surface area contributed by atoms with E-state index in [0.29, 0.717) is 5.41 Å². The molecule has 0 aromatic rings. The van der Waals surface area contributed by atoms with Crippen LogP contribution >= 0.6 is 11.8 Å². The summed E-state index contributed by atoms with van der Waals surface area (Å²) < 4.78 is 0. The molecule has 1 aliphatic heterocycles. The molecule has 0 amide bonds. The quantitative estimate of drug-likeness (QED) is 0.642. The van der Waals surface area contributed by atoms with Gasteiger partial charge in [-0.05, 0) is 92.8 Å². The molecule has 5 aliphatic rings. The molecule has 1 N–H and O–H groups in total. The molecule has 9 atom stereocenters. The van der Waals surface area contributed by atoms with E-state index < -0.39 is 5.60 Å². The Morgan fingerprint density at radius 1 is 0.909 bits per heavy atom. The third kappa shape index (κ3) is 1.67. The van der Waals surface area contributed by atoms with E-state index in [2.05, 4.69) is 32.5 Å². The van der Waals surface area contributed by atoms with E-state index in [1.165, 1.54) is 44.9 Å². The van der Waals surface area contributed by atoms with Gasteiger partial charge >= 0.3 is 0 Å². The first kappa shape index (κ1) is 14.6. The lowest BCUT2D eigenvalue weighted by atomic mass is 9.44. The normalized spacial score (nSPS) is 66.0. The highest BCUT2D eigenvalue weighted by Gasteiger charge is 2.65. The van der Waals surface area contributed by atoms with Gasteiger partial charge in [-0.1, -0.05) is 13.8 Å². The maximum Gasteiger partial charge on any atom is 0.0675 e. The number of hydrogen-bond donors (Lipinski definition) is 1. The van der Waals surface area contributed by atoms with Crippen molar-refractivity contribution in [3.63, 3.8) is 0 Å². The van der Waals surface area contributed by atoms with E-state index in [-0.39, 0.29) is 5.41 Å². The van der Waals surface area contributed by atoms with Crippen molar-refractivity contribution in [2.45, 2.75) is 88.2 Å². The van der Waals surface area contributed by atoms with Gasteiger partial charge in [-0.15, -0.1) is 0 Å². The fourth-order valence-corrected chi connectivity index (χ4v) is 9.13. The summed E-state index contributed by atoms with van der Waals surface area (Å²) in [7, 11) is 0. The Hall–Kier alpha value is 0.310. The third-order valence-corrected chi connectivity index (χ3v) is 10.9. The van der Waals surface area contributed by atoms with Gasteiger partial charge in [0.15, 0.2) is 0 Å². The Morgan fingerprint density at radius 2 is 1.68 bits per heavy atom. The first-order valence-corrected chi connectivity index (χ1v) is 10.7. The molecule has 0 radical (unpaired) electrons. The second-order valence-electron chi connectivity index (χ2n) is 10.1. The molecular formula is C20H32OS. The van der Waals surface area contributed by atoms with Crippen LogP contribution in [-0.2, 0) is 0 Å². The van der Waals surface area contributed by atoms with Crippen molar-refractivity contribution in [1.29, 1.82) is 0 Å². The van der Waals surface area contributed by atoms with Crippen LogP contribution in [0.25, 0.3) is 0 Å². The first-order valence-electron chi connectivity index (χ1n) is 9.73. The maximum atomic E-state index is 11.0. The molecule has 0 bridgehead atoms. The predicted octanol–water partition coefficient (Wildman–Crippen LogP) is 4.87. The molecule has 1 saturated heterocycles. The molecule has 2 heteroatoms. The fraction of sp³-hybridized carbons (Fsp3) is 1.00. The van der Waals surface area contributed by atoms with Gasteiger partial charge < -0.3 is 5.11 Å². The van der Waals surface area contributed by atoms with Gasteiger partial charge in [-0.3, -0.25) is 0 Å². The van der Waals surface area contributed by atoms with Crippen molar-refractivity contribution in [1.82, 2.24) is 0 Å². The Bertz CT molecular complexity index is 502. The highest BCUT2D eigenvalue weighted by atomic mass is 32.2. The van der Waals surface area contributed by atoms with Gasteiger partial charge in [0.2, 0.25) is 0 Å². The van der Waals surface area contributed by atoms with Crippen LogP contribution in [0, 0.1) is 34.5 Å². The summed E-state index contributed by atoms with van der Waals surface area (Å²) in [4.78, 5) is 0. The lowest BCUT2D eigenvalue weighted by Gasteiger charge is -2.60. The molecule has 0 spiro atoms. The van der Waals surface area contributed by atoms with E-state index >= 15 is 0 Å². The van der Waals surface area contributed by atoms with E-state index in [1.54, 1.807) is 0 Å². The Kier molecular flexibility index (Phi) is 2.85. The number of thioether (sulfide) groups is 1. The molecule has 124 valence electrons. The van der Waals surface area contributed by atoms with Crippen molar-refractivity contribution in [3.05, 3.63) is 0 Å². The average molecular weight is 321 g/mol. The fourth-order valence-electron chi connectivity index (χ4n) is 7.76. The Labute approximate surface area is 140 Å². The van der Waals surface area contributed by atoms with Crippen LogP contribution in [0.1, 0.15) is 72.1 Å². The van der Waals surface area contributed by atoms with Crippen LogP contribution in [0.4, 0.5) is 0 Å². The van der Waals surface area contributed by atoms with Crippen LogP contribution in [-0.4, -0.2) is 21.2 Å². The van der Waals surface area contributed by atoms with Crippen molar-refractivity contribution in [2.24, 2.45) is 34.5 Å². The molecule has 5 rings (SSSR count). The highest BCUT2D eigenvalue weighted by molar-refractivity contribution is 8.07. The van der Waals surface area contributed by atoms with Crippen LogP contribution in [0.15, 0.2) is 0 Å². The number of hydrogen-bond acceptors (Lipinski definition) is 2. The van der Waals surface area contributed by atoms with Crippen LogP contribution < -0.4 is 0 Å². The molecule has 4 saturated carbocycles. The van der Waals surface area contributed by atoms with Crippen LogP contribution in [0.2, 0.25) is 0 Å². The SMILES string of the molecule is CC1(O)CC[C@H]2[C@@H]3CCC4CC5SC5C[C@]4(C)[C@@H]3CC[C@@]21C. The zero-order valence-electron chi connectivity index (χ0n) is 14.5. The summed E-state index contributed by atoms with van der Waals surface area (Å²) >= 11 is 2.28. The van der Waals surface area contributed by atoms with Crippen molar-refractivity contribution < 1.29 is 5.11 Å². The monoisotopic (exact) mass is 320 g/mol. The van der Waals surface area contributed by atoms with E-state index in [1.807, 2.05) is 0 Å². The van der Waals surface area contributed by atoms with Gasteiger partial charge in [0.1, 0.15) is 0 Å². The number of aliphatic hydroxyl groups is 1. The summed E-state index contributed by atoms with van der Waals surface area (Å²) in [5.41, 5.74) is 0.413. The van der Waals surface area contributed by atoms with Gasteiger partial charge in [0.05, 0.1) is 5.60 Å². The van der Waals surface area contributed by atoms with Gasteiger partial charge in [0.25, 0.3) is 0 Å². The standard InChI is InChI=1S/C20H32OS/c1-18-11-17-16(22-17)10-12(18)4-5-13-14(18)6-8-19(2)15(13)7-9-20(19,3)21/h12-17,21H,4-11H2,1-3H3/t12?,13-,14-,15+,16?,17?,18+,19+,20?/m1/s1. The van der Waals surface area contributed by atoms with E-state index in [9.17, 15) is 5.11 Å². The average Bonchev–Trinajstić information content (AvgIpc) is 3.14. The summed E-state index contributed by atoms with van der Waals surface area (Å²) in [5, 5.41) is 13.0. The van der Waals surface area contributed by atoms with Crippen molar-refractivity contribution in [2.75, 3.05) is 0 Å². The third-order valence-electron chi connectivity index (χ3n) is 9.47. The Balaban J connectivity index is 1.48. The van der Waals surface area contributed by atoms with Crippen LogP contribution in [0.5, 0.6) is 0 Å². The van der Waals surface area contributed by atoms with Crippen molar-refractivity contribution >= 4 is 11.8 Å². The summed E-state index contributed by atoms with van der Waals surface area (Å²) in [6.07, 6.45) is 11.0. The Morgan fingerprint density at radius 3 is 2.50 bits per heavy atom. The van der Waals surface area contributed by atoms with E-state index in [4.69, 9.17) is 0 Å². The minimum absolute atomic E-state index is 0.197.